The van der Waals surface area contributed by atoms with Gasteiger partial charge in [0.1, 0.15) is 5.75 Å². The largest absolute Gasteiger partial charge is 0.490 e. The number of ether oxygens (including phenoxy) is 1. The lowest BCUT2D eigenvalue weighted by Crippen LogP contribution is -2.20. The molecule has 1 aliphatic carbocycles. The molecule has 1 aliphatic rings. The number of aromatic nitrogens is 1. The maximum atomic E-state index is 6.01. The van der Waals surface area contributed by atoms with Crippen LogP contribution in [0.2, 0.25) is 0 Å². The normalized spacial score (nSPS) is 17.0. The fraction of sp³-hybridized carbons (Fsp3) is 0.643. The summed E-state index contributed by atoms with van der Waals surface area (Å²) >= 11 is 0. The van der Waals surface area contributed by atoms with Gasteiger partial charge in [-0.3, -0.25) is 4.98 Å². The molecule has 1 heterocycles. The molecule has 1 aromatic rings. The fourth-order valence-corrected chi connectivity index (χ4v) is 2.25. The number of pyridine rings is 1. The van der Waals surface area contributed by atoms with Crippen LogP contribution in [0.25, 0.3) is 0 Å². The standard InChI is InChI=1S/C14H22N2O/c1-2-15-11-12-10-14(8-9-16-12)17-13-6-4-3-5-7-13/h8-10,13,15H,2-7,11H2,1H3. The van der Waals surface area contributed by atoms with Crippen molar-refractivity contribution in [1.29, 1.82) is 0 Å². The maximum absolute atomic E-state index is 6.01. The minimum absolute atomic E-state index is 0.415. The molecular formula is C14H22N2O. The van der Waals surface area contributed by atoms with Gasteiger partial charge in [0.05, 0.1) is 11.8 Å². The van der Waals surface area contributed by atoms with Crippen molar-refractivity contribution in [1.82, 2.24) is 10.3 Å². The van der Waals surface area contributed by atoms with Crippen molar-refractivity contribution in [2.24, 2.45) is 0 Å². The van der Waals surface area contributed by atoms with E-state index >= 15 is 0 Å². The van der Waals surface area contributed by atoms with Crippen LogP contribution in [-0.2, 0) is 6.54 Å². The summed E-state index contributed by atoms with van der Waals surface area (Å²) in [6.45, 7) is 3.89. The molecule has 3 nitrogen and oxygen atoms in total. The summed E-state index contributed by atoms with van der Waals surface area (Å²) in [7, 11) is 0. The molecule has 1 fully saturated rings. The molecule has 94 valence electrons. The Morgan fingerprint density at radius 3 is 2.94 bits per heavy atom. The third kappa shape index (κ3) is 4.00. The van der Waals surface area contributed by atoms with Gasteiger partial charge in [-0.05, 0) is 38.3 Å². The number of nitrogens with one attached hydrogen (secondary N) is 1. The van der Waals surface area contributed by atoms with E-state index < -0.39 is 0 Å². The van der Waals surface area contributed by atoms with Crippen molar-refractivity contribution >= 4 is 0 Å². The third-order valence-corrected chi connectivity index (χ3v) is 3.20. The summed E-state index contributed by atoms with van der Waals surface area (Å²) in [6, 6.07) is 4.02. The molecule has 0 amide bonds. The van der Waals surface area contributed by atoms with Gasteiger partial charge >= 0.3 is 0 Å². The quantitative estimate of drug-likeness (QED) is 0.850. The summed E-state index contributed by atoms with van der Waals surface area (Å²) in [5, 5.41) is 3.28. The van der Waals surface area contributed by atoms with Crippen LogP contribution < -0.4 is 10.1 Å². The van der Waals surface area contributed by atoms with Crippen LogP contribution in [0.4, 0.5) is 0 Å². The Balaban J connectivity index is 1.90. The fourth-order valence-electron chi connectivity index (χ4n) is 2.25. The molecule has 0 bridgehead atoms. The highest BCUT2D eigenvalue weighted by Gasteiger charge is 2.14. The van der Waals surface area contributed by atoms with Crippen LogP contribution in [0, 0.1) is 0 Å². The van der Waals surface area contributed by atoms with Gasteiger partial charge in [-0.1, -0.05) is 13.3 Å². The van der Waals surface area contributed by atoms with E-state index in [1.807, 2.05) is 12.3 Å². The second-order valence-electron chi connectivity index (χ2n) is 4.64. The maximum Gasteiger partial charge on any atom is 0.123 e. The Hall–Kier alpha value is -1.09. The molecule has 0 radical (unpaired) electrons. The lowest BCUT2D eigenvalue weighted by molar-refractivity contribution is 0.154. The molecule has 0 aromatic carbocycles. The molecule has 0 unspecified atom stereocenters. The second-order valence-corrected chi connectivity index (χ2v) is 4.64. The number of nitrogens with zero attached hydrogens (tertiary/aromatic N) is 1. The van der Waals surface area contributed by atoms with E-state index in [2.05, 4.69) is 23.3 Å². The van der Waals surface area contributed by atoms with Gasteiger partial charge in [-0.15, -0.1) is 0 Å². The minimum Gasteiger partial charge on any atom is -0.490 e. The van der Waals surface area contributed by atoms with Crippen LogP contribution in [0.3, 0.4) is 0 Å². The van der Waals surface area contributed by atoms with Gasteiger partial charge < -0.3 is 10.1 Å². The van der Waals surface area contributed by atoms with Crippen molar-refractivity contribution in [2.75, 3.05) is 6.54 Å². The third-order valence-electron chi connectivity index (χ3n) is 3.20. The SMILES string of the molecule is CCNCc1cc(OC2CCCCC2)ccn1. The average Bonchev–Trinajstić information content (AvgIpc) is 2.38. The van der Waals surface area contributed by atoms with E-state index in [4.69, 9.17) is 4.74 Å². The van der Waals surface area contributed by atoms with Crippen LogP contribution >= 0.6 is 0 Å². The van der Waals surface area contributed by atoms with E-state index in [-0.39, 0.29) is 0 Å². The lowest BCUT2D eigenvalue weighted by atomic mass is 9.98. The van der Waals surface area contributed by atoms with Gasteiger partial charge in [-0.25, -0.2) is 0 Å². The first-order valence-electron chi connectivity index (χ1n) is 6.71. The zero-order valence-corrected chi connectivity index (χ0v) is 10.6. The van der Waals surface area contributed by atoms with E-state index in [1.54, 1.807) is 0 Å². The highest BCUT2D eigenvalue weighted by molar-refractivity contribution is 5.22. The molecule has 0 saturated heterocycles. The van der Waals surface area contributed by atoms with Crippen molar-refractivity contribution in [3.8, 4) is 5.75 Å². The van der Waals surface area contributed by atoms with E-state index in [9.17, 15) is 0 Å². The first-order valence-corrected chi connectivity index (χ1v) is 6.71. The van der Waals surface area contributed by atoms with E-state index in [0.29, 0.717) is 6.10 Å². The molecule has 17 heavy (non-hydrogen) atoms. The Morgan fingerprint density at radius 1 is 1.35 bits per heavy atom. The zero-order valence-electron chi connectivity index (χ0n) is 10.6. The summed E-state index contributed by atoms with van der Waals surface area (Å²) in [5.74, 6) is 0.972. The molecule has 0 aliphatic heterocycles. The van der Waals surface area contributed by atoms with Crippen LogP contribution in [-0.4, -0.2) is 17.6 Å². The molecule has 0 atom stereocenters. The average molecular weight is 234 g/mol. The number of rotatable bonds is 5. The smallest absolute Gasteiger partial charge is 0.123 e. The monoisotopic (exact) mass is 234 g/mol. The molecular weight excluding hydrogens is 212 g/mol. The molecule has 3 heteroatoms. The number of hydrogen-bond donors (Lipinski definition) is 1. The van der Waals surface area contributed by atoms with Crippen LogP contribution in [0.15, 0.2) is 18.3 Å². The van der Waals surface area contributed by atoms with Gasteiger partial charge in [0.2, 0.25) is 0 Å². The minimum atomic E-state index is 0.415. The molecule has 1 aromatic heterocycles. The van der Waals surface area contributed by atoms with Crippen molar-refractivity contribution in [3.05, 3.63) is 24.0 Å². The summed E-state index contributed by atoms with van der Waals surface area (Å²) in [6.07, 6.45) is 8.63. The van der Waals surface area contributed by atoms with Crippen molar-refractivity contribution in [2.45, 2.75) is 51.7 Å². The number of hydrogen-bond acceptors (Lipinski definition) is 3. The predicted octanol–water partition coefficient (Wildman–Crippen LogP) is 2.90. The van der Waals surface area contributed by atoms with Crippen LogP contribution in [0.5, 0.6) is 5.75 Å². The Morgan fingerprint density at radius 2 is 2.18 bits per heavy atom. The van der Waals surface area contributed by atoms with Gasteiger partial charge in [-0.2, -0.15) is 0 Å². The van der Waals surface area contributed by atoms with Crippen molar-refractivity contribution in [3.63, 3.8) is 0 Å². The van der Waals surface area contributed by atoms with E-state index in [1.165, 1.54) is 32.1 Å². The van der Waals surface area contributed by atoms with Gasteiger partial charge in [0, 0.05) is 18.8 Å². The van der Waals surface area contributed by atoms with Crippen LogP contribution in [0.1, 0.15) is 44.7 Å². The Kier molecular flexibility index (Phi) is 4.80. The Bertz CT molecular complexity index is 335. The van der Waals surface area contributed by atoms with Gasteiger partial charge in [0.25, 0.3) is 0 Å². The summed E-state index contributed by atoms with van der Waals surface area (Å²) in [4.78, 5) is 4.33. The summed E-state index contributed by atoms with van der Waals surface area (Å²) < 4.78 is 6.01. The first-order chi connectivity index (χ1) is 8.38. The highest BCUT2D eigenvalue weighted by Crippen LogP contribution is 2.23. The zero-order chi connectivity index (χ0) is 11.9. The molecule has 0 spiro atoms. The lowest BCUT2D eigenvalue weighted by Gasteiger charge is -2.23. The highest BCUT2D eigenvalue weighted by atomic mass is 16.5. The first kappa shape index (κ1) is 12.4. The second kappa shape index (κ2) is 6.60. The van der Waals surface area contributed by atoms with Crippen molar-refractivity contribution < 1.29 is 4.74 Å². The molecule has 2 rings (SSSR count). The Labute approximate surface area is 104 Å². The topological polar surface area (TPSA) is 34.1 Å². The molecule has 1 N–H and O–H groups in total. The predicted molar refractivity (Wildman–Crippen MR) is 69.1 cm³/mol. The summed E-state index contributed by atoms with van der Waals surface area (Å²) in [5.41, 5.74) is 1.06. The molecule has 1 saturated carbocycles. The van der Waals surface area contributed by atoms with E-state index in [0.717, 1.165) is 24.5 Å². The van der Waals surface area contributed by atoms with Gasteiger partial charge in [0.15, 0.2) is 0 Å².